The zero-order chi connectivity index (χ0) is 20.2. The van der Waals surface area contributed by atoms with Gasteiger partial charge >= 0.3 is 0 Å². The minimum absolute atomic E-state index is 0.00168. The largest absolute Gasteiger partial charge is 0.497 e. The monoisotopic (exact) mass is 392 g/mol. The normalized spacial score (nSPS) is 16.1. The molecule has 3 aromatic rings. The van der Waals surface area contributed by atoms with Crippen molar-refractivity contribution in [3.8, 4) is 11.5 Å². The number of likely N-dealkylation sites (tertiary alicyclic amines) is 1. The summed E-state index contributed by atoms with van der Waals surface area (Å²) < 4.78 is 12.6. The lowest BCUT2D eigenvalue weighted by Crippen LogP contribution is -2.30. The van der Waals surface area contributed by atoms with Crippen molar-refractivity contribution in [2.75, 3.05) is 20.8 Å². The molecule has 1 amide bonds. The molecule has 0 bridgehead atoms. The Labute approximate surface area is 169 Å². The Balaban J connectivity index is 1.53. The summed E-state index contributed by atoms with van der Waals surface area (Å²) in [6.45, 7) is 1.36. The molecule has 150 valence electrons. The maximum atomic E-state index is 13.2. The van der Waals surface area contributed by atoms with Crippen molar-refractivity contribution >= 4 is 5.91 Å². The molecule has 1 aromatic heterocycles. The average Bonchev–Trinajstić information content (AvgIpc) is 3.45. The quantitative estimate of drug-likeness (QED) is 0.644. The van der Waals surface area contributed by atoms with Gasteiger partial charge in [-0.1, -0.05) is 12.1 Å². The molecule has 0 spiro atoms. The molecule has 29 heavy (non-hydrogen) atoms. The number of aromatic nitrogens is 3. The van der Waals surface area contributed by atoms with Crippen LogP contribution in [-0.4, -0.2) is 46.3 Å². The maximum Gasteiger partial charge on any atom is 0.254 e. The third kappa shape index (κ3) is 3.94. The first kappa shape index (κ1) is 19.0. The molecular weight excluding hydrogens is 368 g/mol. The maximum absolute atomic E-state index is 13.2. The van der Waals surface area contributed by atoms with Gasteiger partial charge < -0.3 is 14.4 Å². The van der Waals surface area contributed by atoms with Crippen LogP contribution in [0.3, 0.4) is 0 Å². The van der Waals surface area contributed by atoms with E-state index in [9.17, 15) is 4.79 Å². The molecule has 2 heterocycles. The lowest BCUT2D eigenvalue weighted by Gasteiger charge is -2.26. The highest BCUT2D eigenvalue weighted by Gasteiger charge is 2.32. The molecule has 1 fully saturated rings. The van der Waals surface area contributed by atoms with Gasteiger partial charge in [-0.25, -0.2) is 9.67 Å². The fourth-order valence-corrected chi connectivity index (χ4v) is 3.85. The van der Waals surface area contributed by atoms with Gasteiger partial charge in [0.2, 0.25) is 0 Å². The molecule has 0 radical (unpaired) electrons. The Morgan fingerprint density at radius 1 is 1.14 bits per heavy atom. The first-order chi connectivity index (χ1) is 14.2. The number of nitrogens with zero attached hydrogens (tertiary/aromatic N) is 4. The molecule has 0 N–H and O–H groups in total. The lowest BCUT2D eigenvalue weighted by atomic mass is 10.0. The fraction of sp³-hybridized carbons (Fsp3) is 0.318. The summed E-state index contributed by atoms with van der Waals surface area (Å²) in [6.07, 6.45) is 5.07. The zero-order valence-corrected chi connectivity index (χ0v) is 16.6. The SMILES string of the molecule is COc1ccc(C2CCCN2C(=O)c2ccc(Cn3cncn3)cc2)c(OC)c1. The van der Waals surface area contributed by atoms with Crippen LogP contribution in [0.4, 0.5) is 0 Å². The van der Waals surface area contributed by atoms with Gasteiger partial charge in [0.1, 0.15) is 24.2 Å². The van der Waals surface area contributed by atoms with Gasteiger partial charge in [-0.2, -0.15) is 5.10 Å². The van der Waals surface area contributed by atoms with Crippen molar-refractivity contribution in [1.82, 2.24) is 19.7 Å². The second-order valence-corrected chi connectivity index (χ2v) is 7.05. The van der Waals surface area contributed by atoms with Crippen LogP contribution in [0.25, 0.3) is 0 Å². The molecule has 1 atom stereocenters. The third-order valence-corrected chi connectivity index (χ3v) is 5.33. The first-order valence-corrected chi connectivity index (χ1v) is 9.64. The molecule has 7 heteroatoms. The number of benzene rings is 2. The van der Waals surface area contributed by atoms with E-state index >= 15 is 0 Å². The molecular formula is C22H24N4O3. The van der Waals surface area contributed by atoms with Gasteiger partial charge in [-0.05, 0) is 42.7 Å². The molecule has 7 nitrogen and oxygen atoms in total. The van der Waals surface area contributed by atoms with Gasteiger partial charge in [-0.3, -0.25) is 4.79 Å². The van der Waals surface area contributed by atoms with Crippen LogP contribution in [0, 0.1) is 0 Å². The highest BCUT2D eigenvalue weighted by atomic mass is 16.5. The smallest absolute Gasteiger partial charge is 0.254 e. The van der Waals surface area contributed by atoms with Crippen LogP contribution in [0.5, 0.6) is 11.5 Å². The van der Waals surface area contributed by atoms with E-state index in [-0.39, 0.29) is 11.9 Å². The van der Waals surface area contributed by atoms with Gasteiger partial charge in [0.05, 0.1) is 26.8 Å². The summed E-state index contributed by atoms with van der Waals surface area (Å²) in [6, 6.07) is 13.5. The molecule has 2 aromatic carbocycles. The van der Waals surface area contributed by atoms with Crippen molar-refractivity contribution in [2.45, 2.75) is 25.4 Å². The standard InChI is InChI=1S/C22H24N4O3/c1-28-18-9-10-19(21(12-18)29-2)20-4-3-11-26(20)22(27)17-7-5-16(6-8-17)13-25-15-23-14-24-25/h5-10,12,14-15,20H,3-4,11,13H2,1-2H3. The molecule has 1 saturated heterocycles. The molecule has 0 aliphatic carbocycles. The van der Waals surface area contributed by atoms with Crippen LogP contribution < -0.4 is 9.47 Å². The summed E-state index contributed by atoms with van der Waals surface area (Å²) in [7, 11) is 3.28. The Morgan fingerprint density at radius 3 is 2.66 bits per heavy atom. The van der Waals surface area contributed by atoms with Crippen LogP contribution in [0.15, 0.2) is 55.1 Å². The number of carbonyl (C=O) groups excluding carboxylic acids is 1. The molecule has 1 unspecified atom stereocenters. The van der Waals surface area contributed by atoms with E-state index in [4.69, 9.17) is 9.47 Å². The topological polar surface area (TPSA) is 69.5 Å². The number of rotatable bonds is 6. The van der Waals surface area contributed by atoms with Gasteiger partial charge in [-0.15, -0.1) is 0 Å². The van der Waals surface area contributed by atoms with Crippen molar-refractivity contribution in [1.29, 1.82) is 0 Å². The Kier molecular flexibility index (Phi) is 5.46. The summed E-state index contributed by atoms with van der Waals surface area (Å²) >= 11 is 0. The zero-order valence-electron chi connectivity index (χ0n) is 16.6. The molecule has 1 aliphatic heterocycles. The van der Waals surface area contributed by atoms with Crippen LogP contribution >= 0.6 is 0 Å². The van der Waals surface area contributed by atoms with E-state index in [0.717, 1.165) is 42.0 Å². The van der Waals surface area contributed by atoms with Gasteiger partial charge in [0, 0.05) is 23.7 Å². The predicted molar refractivity (Wildman–Crippen MR) is 108 cm³/mol. The number of hydrogen-bond acceptors (Lipinski definition) is 5. The molecule has 1 aliphatic rings. The van der Waals surface area contributed by atoms with E-state index in [1.54, 1.807) is 25.2 Å². The van der Waals surface area contributed by atoms with E-state index in [1.807, 2.05) is 47.4 Å². The number of amides is 1. The van der Waals surface area contributed by atoms with Crippen LogP contribution in [-0.2, 0) is 6.54 Å². The van der Waals surface area contributed by atoms with E-state index < -0.39 is 0 Å². The van der Waals surface area contributed by atoms with E-state index in [0.29, 0.717) is 12.1 Å². The number of carbonyl (C=O) groups is 1. The summed E-state index contributed by atoms with van der Waals surface area (Å²) in [5.41, 5.74) is 2.77. The van der Waals surface area contributed by atoms with Crippen LogP contribution in [0.2, 0.25) is 0 Å². The van der Waals surface area contributed by atoms with Crippen LogP contribution in [0.1, 0.15) is 40.4 Å². The Hall–Kier alpha value is -3.35. The second kappa shape index (κ2) is 8.34. The summed E-state index contributed by atoms with van der Waals surface area (Å²) in [5.74, 6) is 1.53. The number of hydrogen-bond donors (Lipinski definition) is 0. The van der Waals surface area contributed by atoms with Crippen molar-refractivity contribution in [3.05, 3.63) is 71.8 Å². The molecule has 4 rings (SSSR count). The first-order valence-electron chi connectivity index (χ1n) is 9.64. The third-order valence-electron chi connectivity index (χ3n) is 5.33. The second-order valence-electron chi connectivity index (χ2n) is 7.05. The number of methoxy groups -OCH3 is 2. The van der Waals surface area contributed by atoms with Gasteiger partial charge in [0.25, 0.3) is 5.91 Å². The minimum Gasteiger partial charge on any atom is -0.497 e. The van der Waals surface area contributed by atoms with Crippen molar-refractivity contribution < 1.29 is 14.3 Å². The fourth-order valence-electron chi connectivity index (χ4n) is 3.85. The van der Waals surface area contributed by atoms with E-state index in [1.165, 1.54) is 6.33 Å². The van der Waals surface area contributed by atoms with Crippen molar-refractivity contribution in [3.63, 3.8) is 0 Å². The predicted octanol–water partition coefficient (Wildman–Crippen LogP) is 3.32. The Morgan fingerprint density at radius 2 is 1.97 bits per heavy atom. The van der Waals surface area contributed by atoms with Gasteiger partial charge in [0.15, 0.2) is 0 Å². The Bertz CT molecular complexity index is 970. The molecule has 0 saturated carbocycles. The minimum atomic E-state index is -0.00168. The van der Waals surface area contributed by atoms with E-state index in [2.05, 4.69) is 10.1 Å². The highest BCUT2D eigenvalue weighted by molar-refractivity contribution is 5.94. The highest BCUT2D eigenvalue weighted by Crippen LogP contribution is 2.39. The number of ether oxygens (including phenoxy) is 2. The average molecular weight is 392 g/mol. The van der Waals surface area contributed by atoms with Crippen molar-refractivity contribution in [2.24, 2.45) is 0 Å². The summed E-state index contributed by atoms with van der Waals surface area (Å²) in [4.78, 5) is 19.1. The lowest BCUT2D eigenvalue weighted by molar-refractivity contribution is 0.0734. The summed E-state index contributed by atoms with van der Waals surface area (Å²) in [5, 5.41) is 4.11.